The summed E-state index contributed by atoms with van der Waals surface area (Å²) in [6.07, 6.45) is 0. The molecule has 0 saturated carbocycles. The maximum Gasteiger partial charge on any atom is 0.280 e. The van der Waals surface area contributed by atoms with E-state index in [4.69, 9.17) is 4.42 Å². The molecule has 0 fully saturated rings. The third kappa shape index (κ3) is 2.08. The number of para-hydroxylation sites is 1. The van der Waals surface area contributed by atoms with Crippen molar-refractivity contribution in [1.29, 1.82) is 0 Å². The second-order valence-electron chi connectivity index (χ2n) is 3.49. The van der Waals surface area contributed by atoms with E-state index in [1.54, 1.807) is 24.3 Å². The van der Waals surface area contributed by atoms with Crippen molar-refractivity contribution in [3.05, 3.63) is 52.3 Å². The van der Waals surface area contributed by atoms with E-state index in [9.17, 15) is 14.9 Å². The van der Waals surface area contributed by atoms with Gasteiger partial charge in [0.2, 0.25) is 0 Å². The maximum absolute atomic E-state index is 11.1. The highest BCUT2D eigenvalue weighted by Crippen LogP contribution is 2.30. The number of nitrogens with zero attached hydrogens (tertiary/aromatic N) is 1. The molecular formula is C12H9NO4. The van der Waals surface area contributed by atoms with E-state index >= 15 is 0 Å². The van der Waals surface area contributed by atoms with Gasteiger partial charge in [-0.3, -0.25) is 14.9 Å². The number of benzene rings is 1. The number of rotatable bonds is 3. The second-order valence-corrected chi connectivity index (χ2v) is 3.49. The van der Waals surface area contributed by atoms with Gasteiger partial charge in [0.25, 0.3) is 5.69 Å². The highest BCUT2D eigenvalue weighted by atomic mass is 16.6. The molecule has 5 heteroatoms. The van der Waals surface area contributed by atoms with Crippen LogP contribution in [0.15, 0.2) is 40.8 Å². The van der Waals surface area contributed by atoms with E-state index in [1.807, 2.05) is 0 Å². The Hall–Kier alpha value is -2.43. The summed E-state index contributed by atoms with van der Waals surface area (Å²) in [6, 6.07) is 9.30. The van der Waals surface area contributed by atoms with Gasteiger partial charge in [-0.25, -0.2) is 0 Å². The van der Waals surface area contributed by atoms with Crippen LogP contribution in [0.3, 0.4) is 0 Å². The lowest BCUT2D eigenvalue weighted by molar-refractivity contribution is -0.384. The quantitative estimate of drug-likeness (QED) is 0.462. The van der Waals surface area contributed by atoms with Crippen LogP contribution in [0.4, 0.5) is 5.69 Å². The van der Waals surface area contributed by atoms with Gasteiger partial charge in [0.05, 0.1) is 10.5 Å². The van der Waals surface area contributed by atoms with Crippen LogP contribution < -0.4 is 0 Å². The van der Waals surface area contributed by atoms with Crippen LogP contribution in [-0.2, 0) is 0 Å². The molecule has 0 bridgehead atoms. The molecule has 2 aromatic rings. The predicted molar refractivity (Wildman–Crippen MR) is 60.8 cm³/mol. The van der Waals surface area contributed by atoms with Gasteiger partial charge in [0.15, 0.2) is 11.5 Å². The summed E-state index contributed by atoms with van der Waals surface area (Å²) in [5.74, 6) is 0.301. The predicted octanol–water partition coefficient (Wildman–Crippen LogP) is 3.06. The fourth-order valence-corrected chi connectivity index (χ4v) is 1.51. The van der Waals surface area contributed by atoms with Gasteiger partial charge in [0.1, 0.15) is 5.76 Å². The summed E-state index contributed by atoms with van der Waals surface area (Å²) >= 11 is 0. The van der Waals surface area contributed by atoms with Crippen molar-refractivity contribution in [2.45, 2.75) is 6.92 Å². The molecule has 2 rings (SSSR count). The lowest BCUT2D eigenvalue weighted by atomic mass is 10.1. The van der Waals surface area contributed by atoms with Crippen LogP contribution >= 0.6 is 0 Å². The Kier molecular flexibility index (Phi) is 2.74. The number of nitro groups is 1. The highest BCUT2D eigenvalue weighted by Gasteiger charge is 2.17. The summed E-state index contributed by atoms with van der Waals surface area (Å²) in [5.41, 5.74) is 0.321. The van der Waals surface area contributed by atoms with Crippen LogP contribution in [0.1, 0.15) is 17.5 Å². The molecule has 0 atom stereocenters. The van der Waals surface area contributed by atoms with Crippen molar-refractivity contribution >= 4 is 11.5 Å². The topological polar surface area (TPSA) is 73.3 Å². The van der Waals surface area contributed by atoms with Crippen molar-refractivity contribution in [2.75, 3.05) is 0 Å². The van der Waals surface area contributed by atoms with Crippen molar-refractivity contribution in [3.63, 3.8) is 0 Å². The molecule has 5 nitrogen and oxygen atoms in total. The van der Waals surface area contributed by atoms with Crippen molar-refractivity contribution < 1.29 is 14.1 Å². The molecule has 1 aromatic heterocycles. The molecule has 0 spiro atoms. The monoisotopic (exact) mass is 231 g/mol. The summed E-state index contributed by atoms with van der Waals surface area (Å²) < 4.78 is 5.27. The summed E-state index contributed by atoms with van der Waals surface area (Å²) in [6.45, 7) is 1.38. The molecule has 0 saturated heterocycles. The number of hydrogen-bond donors (Lipinski definition) is 0. The van der Waals surface area contributed by atoms with Gasteiger partial charge in [0, 0.05) is 13.0 Å². The van der Waals surface area contributed by atoms with Crippen molar-refractivity contribution in [1.82, 2.24) is 0 Å². The first-order valence-corrected chi connectivity index (χ1v) is 4.94. The standard InChI is InChI=1S/C12H9NO4/c1-8(14)11-6-7-12(17-11)9-4-2-3-5-10(9)13(15)16/h2-7H,1H3. The van der Waals surface area contributed by atoms with E-state index in [0.717, 1.165) is 0 Å². The number of carbonyl (C=O) groups excluding carboxylic acids is 1. The zero-order chi connectivity index (χ0) is 12.4. The van der Waals surface area contributed by atoms with E-state index in [1.165, 1.54) is 19.1 Å². The average Bonchev–Trinajstić information content (AvgIpc) is 2.78. The normalized spacial score (nSPS) is 10.2. The molecule has 86 valence electrons. The summed E-state index contributed by atoms with van der Waals surface area (Å²) in [4.78, 5) is 21.4. The van der Waals surface area contributed by atoms with Crippen LogP contribution in [0, 0.1) is 10.1 Å². The Bertz CT molecular complexity index is 586. The smallest absolute Gasteiger partial charge is 0.280 e. The summed E-state index contributed by atoms with van der Waals surface area (Å²) in [5, 5.41) is 10.8. The minimum absolute atomic E-state index is 0.0445. The van der Waals surface area contributed by atoms with E-state index in [0.29, 0.717) is 11.3 Å². The molecule has 17 heavy (non-hydrogen) atoms. The van der Waals surface area contributed by atoms with Gasteiger partial charge < -0.3 is 4.42 Å². The maximum atomic E-state index is 11.1. The molecular weight excluding hydrogens is 222 g/mol. The van der Waals surface area contributed by atoms with Crippen LogP contribution in [-0.4, -0.2) is 10.7 Å². The second kappa shape index (κ2) is 4.21. The number of Topliss-reactive ketones (excluding diaryl/α,β-unsaturated/α-hetero) is 1. The highest BCUT2D eigenvalue weighted by molar-refractivity contribution is 5.92. The minimum atomic E-state index is -0.481. The Morgan fingerprint density at radius 3 is 2.53 bits per heavy atom. The van der Waals surface area contributed by atoms with Gasteiger partial charge in [-0.2, -0.15) is 0 Å². The molecule has 0 radical (unpaired) electrons. The molecule has 0 unspecified atom stereocenters. The largest absolute Gasteiger partial charge is 0.453 e. The Morgan fingerprint density at radius 2 is 1.94 bits per heavy atom. The lowest BCUT2D eigenvalue weighted by Gasteiger charge is -1.98. The number of nitro benzene ring substituents is 1. The van der Waals surface area contributed by atoms with Crippen molar-refractivity contribution in [3.8, 4) is 11.3 Å². The number of ketones is 1. The zero-order valence-electron chi connectivity index (χ0n) is 9.04. The number of hydrogen-bond acceptors (Lipinski definition) is 4. The first-order valence-electron chi connectivity index (χ1n) is 4.94. The first-order chi connectivity index (χ1) is 8.09. The number of furan rings is 1. The van der Waals surface area contributed by atoms with E-state index < -0.39 is 4.92 Å². The van der Waals surface area contributed by atoms with Crippen LogP contribution in [0.25, 0.3) is 11.3 Å². The Labute approximate surface area is 96.8 Å². The zero-order valence-corrected chi connectivity index (χ0v) is 9.04. The fourth-order valence-electron chi connectivity index (χ4n) is 1.51. The molecule has 1 heterocycles. The van der Waals surface area contributed by atoms with Gasteiger partial charge in [-0.1, -0.05) is 12.1 Å². The van der Waals surface area contributed by atoms with Crippen LogP contribution in [0.5, 0.6) is 0 Å². The van der Waals surface area contributed by atoms with E-state index in [2.05, 4.69) is 0 Å². The van der Waals surface area contributed by atoms with Gasteiger partial charge in [-0.05, 0) is 18.2 Å². The molecule has 0 amide bonds. The summed E-state index contributed by atoms with van der Waals surface area (Å²) in [7, 11) is 0. The first kappa shape index (κ1) is 11.1. The van der Waals surface area contributed by atoms with Gasteiger partial charge >= 0.3 is 0 Å². The molecule has 0 aliphatic rings. The Balaban J connectivity index is 2.52. The number of carbonyl (C=O) groups is 1. The fraction of sp³-hybridized carbons (Fsp3) is 0.0833. The molecule has 0 aliphatic carbocycles. The van der Waals surface area contributed by atoms with Crippen molar-refractivity contribution in [2.24, 2.45) is 0 Å². The lowest BCUT2D eigenvalue weighted by Crippen LogP contribution is -1.90. The third-order valence-electron chi connectivity index (χ3n) is 2.32. The van der Waals surface area contributed by atoms with E-state index in [-0.39, 0.29) is 17.2 Å². The van der Waals surface area contributed by atoms with Crippen LogP contribution in [0.2, 0.25) is 0 Å². The Morgan fingerprint density at radius 1 is 1.24 bits per heavy atom. The molecule has 0 N–H and O–H groups in total. The minimum Gasteiger partial charge on any atom is -0.453 e. The molecule has 1 aromatic carbocycles. The van der Waals surface area contributed by atoms with Gasteiger partial charge in [-0.15, -0.1) is 0 Å². The average molecular weight is 231 g/mol. The SMILES string of the molecule is CC(=O)c1ccc(-c2ccccc2[N+](=O)[O-])o1. The third-order valence-corrected chi connectivity index (χ3v) is 2.32. The molecule has 0 aliphatic heterocycles.